The minimum Gasteiger partial charge on any atom is -0.495 e. The lowest BCUT2D eigenvalue weighted by atomic mass is 9.68. The van der Waals surface area contributed by atoms with Gasteiger partial charge in [-0.2, -0.15) is 0 Å². The maximum atomic E-state index is 14.3. The van der Waals surface area contributed by atoms with Gasteiger partial charge in [-0.25, -0.2) is 14.2 Å². The summed E-state index contributed by atoms with van der Waals surface area (Å²) in [6, 6.07) is 9.25. The average molecular weight is 540 g/mol. The van der Waals surface area contributed by atoms with E-state index in [0.717, 1.165) is 23.4 Å². The minimum atomic E-state index is -0.864. The summed E-state index contributed by atoms with van der Waals surface area (Å²) in [7, 11) is 1.60. The maximum Gasteiger partial charge on any atom is 0.314 e. The molecule has 3 amide bonds. The number of piperidine rings is 1. The van der Waals surface area contributed by atoms with E-state index in [1.54, 1.807) is 29.3 Å². The zero-order chi connectivity index (χ0) is 27.2. The van der Waals surface area contributed by atoms with Gasteiger partial charge in [0.25, 0.3) is 0 Å². The molecule has 2 N–H and O–H groups in total. The number of hydrogen-bond donors (Lipinski definition) is 1. The van der Waals surface area contributed by atoms with Crippen molar-refractivity contribution < 1.29 is 18.7 Å². The standard InChI is InChI=1S/C28H31ClFN5O3/c1-17-13-34(16-32-17)24-6-5-19(11-25(24)38-3)23-14-33(27(31)37)15-28(23)7-4-8-35(26(28)36)18(2)20-9-21(29)12-22(30)10-20/h5-6,9-13,16,18,23H,4,7-8,14-15H2,1-3H3,(H2,31,37)/t18-,23?,28?/m0/s1. The van der Waals surface area contributed by atoms with E-state index in [4.69, 9.17) is 22.1 Å². The van der Waals surface area contributed by atoms with Gasteiger partial charge in [0.2, 0.25) is 5.91 Å². The molecule has 10 heteroatoms. The van der Waals surface area contributed by atoms with Gasteiger partial charge in [0.15, 0.2) is 0 Å². The van der Waals surface area contributed by atoms with Crippen molar-refractivity contribution in [3.05, 3.63) is 76.6 Å². The molecule has 2 aromatic carbocycles. The quantitative estimate of drug-likeness (QED) is 0.502. The molecule has 0 bridgehead atoms. The lowest BCUT2D eigenvalue weighted by Crippen LogP contribution is -2.53. The largest absolute Gasteiger partial charge is 0.495 e. The second kappa shape index (κ2) is 9.94. The van der Waals surface area contributed by atoms with E-state index in [9.17, 15) is 14.0 Å². The Morgan fingerprint density at radius 1 is 1.29 bits per heavy atom. The molecule has 1 aromatic heterocycles. The highest BCUT2D eigenvalue weighted by atomic mass is 35.5. The third-order valence-electron chi connectivity index (χ3n) is 7.99. The number of imidazole rings is 1. The molecule has 38 heavy (non-hydrogen) atoms. The Kier molecular flexibility index (Phi) is 6.81. The average Bonchev–Trinajstić information content (AvgIpc) is 3.49. The summed E-state index contributed by atoms with van der Waals surface area (Å²) in [4.78, 5) is 34.3. The first-order chi connectivity index (χ1) is 18.1. The second-order valence-corrected chi connectivity index (χ2v) is 10.7. The fourth-order valence-corrected chi connectivity index (χ4v) is 6.31. The van der Waals surface area contributed by atoms with Crippen molar-refractivity contribution in [2.45, 2.75) is 38.6 Å². The van der Waals surface area contributed by atoms with Gasteiger partial charge >= 0.3 is 6.03 Å². The first-order valence-electron chi connectivity index (χ1n) is 12.6. The molecule has 0 aliphatic carbocycles. The predicted octanol–water partition coefficient (Wildman–Crippen LogP) is 4.83. The Balaban J connectivity index is 1.54. The van der Waals surface area contributed by atoms with Crippen molar-refractivity contribution in [1.82, 2.24) is 19.4 Å². The van der Waals surface area contributed by atoms with E-state index >= 15 is 0 Å². The fourth-order valence-electron chi connectivity index (χ4n) is 6.08. The van der Waals surface area contributed by atoms with Gasteiger partial charge in [-0.1, -0.05) is 17.7 Å². The molecule has 2 fully saturated rings. The summed E-state index contributed by atoms with van der Waals surface area (Å²) >= 11 is 6.12. The van der Waals surface area contributed by atoms with Gasteiger partial charge in [-0.05, 0) is 68.1 Å². The molecule has 3 aromatic rings. The van der Waals surface area contributed by atoms with Crippen molar-refractivity contribution in [2.75, 3.05) is 26.7 Å². The molecular formula is C28H31ClFN5O3. The van der Waals surface area contributed by atoms with Crippen molar-refractivity contribution >= 4 is 23.5 Å². The zero-order valence-corrected chi connectivity index (χ0v) is 22.4. The van der Waals surface area contributed by atoms with Crippen LogP contribution in [-0.2, 0) is 4.79 Å². The molecule has 0 saturated carbocycles. The number of nitrogens with zero attached hydrogens (tertiary/aromatic N) is 4. The van der Waals surface area contributed by atoms with Crippen LogP contribution in [0.1, 0.15) is 48.5 Å². The number of rotatable bonds is 5. The molecule has 3 heterocycles. The van der Waals surface area contributed by atoms with E-state index in [-0.39, 0.29) is 23.4 Å². The number of urea groups is 1. The van der Waals surface area contributed by atoms with Crippen LogP contribution in [0.5, 0.6) is 5.75 Å². The number of aryl methyl sites for hydroxylation is 1. The third kappa shape index (κ3) is 4.49. The summed E-state index contributed by atoms with van der Waals surface area (Å²) in [5.41, 5.74) is 8.08. The van der Waals surface area contributed by atoms with E-state index in [1.165, 1.54) is 12.1 Å². The van der Waals surface area contributed by atoms with Gasteiger partial charge in [0, 0.05) is 36.8 Å². The minimum absolute atomic E-state index is 0.0707. The maximum absolute atomic E-state index is 14.3. The molecule has 2 saturated heterocycles. The molecule has 8 nitrogen and oxygen atoms in total. The van der Waals surface area contributed by atoms with Crippen molar-refractivity contribution in [1.29, 1.82) is 0 Å². The summed E-state index contributed by atoms with van der Waals surface area (Å²) in [5, 5.41) is 0.282. The van der Waals surface area contributed by atoms with Crippen molar-refractivity contribution in [3.8, 4) is 11.4 Å². The topological polar surface area (TPSA) is 93.7 Å². The number of primary amides is 1. The van der Waals surface area contributed by atoms with Crippen LogP contribution in [0.15, 0.2) is 48.9 Å². The molecule has 2 aliphatic rings. The number of carbonyl (C=O) groups is 2. The Hall–Kier alpha value is -3.59. The molecule has 1 spiro atoms. The van der Waals surface area contributed by atoms with E-state index in [1.807, 2.05) is 42.8 Å². The Bertz CT molecular complexity index is 1370. The first kappa shape index (κ1) is 26.0. The van der Waals surface area contributed by atoms with Crippen LogP contribution in [0.2, 0.25) is 5.02 Å². The lowest BCUT2D eigenvalue weighted by molar-refractivity contribution is -0.149. The summed E-state index contributed by atoms with van der Waals surface area (Å²) < 4.78 is 21.7. The molecule has 2 aliphatic heterocycles. The van der Waals surface area contributed by atoms with Gasteiger partial charge in [0.1, 0.15) is 11.6 Å². The van der Waals surface area contributed by atoms with Crippen LogP contribution < -0.4 is 10.5 Å². The lowest BCUT2D eigenvalue weighted by Gasteiger charge is -2.45. The number of likely N-dealkylation sites (tertiary alicyclic amines) is 2. The summed E-state index contributed by atoms with van der Waals surface area (Å²) in [6.07, 6.45) is 4.98. The Labute approximate surface area is 226 Å². The van der Waals surface area contributed by atoms with Crippen molar-refractivity contribution in [3.63, 3.8) is 0 Å². The number of methoxy groups -OCH3 is 1. The zero-order valence-electron chi connectivity index (χ0n) is 21.7. The smallest absolute Gasteiger partial charge is 0.314 e. The van der Waals surface area contributed by atoms with Crippen LogP contribution >= 0.6 is 11.6 Å². The van der Waals surface area contributed by atoms with Crippen LogP contribution in [-0.4, -0.2) is 58.0 Å². The Morgan fingerprint density at radius 3 is 2.74 bits per heavy atom. The van der Waals surface area contributed by atoms with Crippen LogP contribution in [0.4, 0.5) is 9.18 Å². The third-order valence-corrected chi connectivity index (χ3v) is 8.21. The molecule has 2 unspecified atom stereocenters. The summed E-state index contributed by atoms with van der Waals surface area (Å²) in [5.74, 6) is -0.173. The molecule has 3 atom stereocenters. The second-order valence-electron chi connectivity index (χ2n) is 10.3. The number of hydrogen-bond acceptors (Lipinski definition) is 4. The number of ether oxygens (including phenoxy) is 1. The molecular weight excluding hydrogens is 509 g/mol. The van der Waals surface area contributed by atoms with Crippen LogP contribution in [0.25, 0.3) is 5.69 Å². The van der Waals surface area contributed by atoms with E-state index < -0.39 is 23.3 Å². The highest BCUT2D eigenvalue weighted by molar-refractivity contribution is 6.30. The number of amides is 3. The number of carbonyl (C=O) groups excluding carboxylic acids is 2. The number of benzene rings is 2. The van der Waals surface area contributed by atoms with Crippen LogP contribution in [0.3, 0.4) is 0 Å². The van der Waals surface area contributed by atoms with Crippen molar-refractivity contribution in [2.24, 2.45) is 11.1 Å². The highest BCUT2D eigenvalue weighted by Gasteiger charge is 2.56. The van der Waals surface area contributed by atoms with E-state index in [0.29, 0.717) is 30.8 Å². The number of nitrogens with two attached hydrogens (primary N) is 1. The molecule has 200 valence electrons. The first-order valence-corrected chi connectivity index (χ1v) is 13.0. The normalized spacial score (nSPS) is 22.2. The SMILES string of the molecule is COc1cc(C2CN(C(N)=O)CC23CCCN([C@@H](C)c2cc(F)cc(Cl)c2)C3=O)ccc1-n1cnc(C)c1. The van der Waals surface area contributed by atoms with E-state index in [2.05, 4.69) is 4.98 Å². The fraction of sp³-hybridized carbons (Fsp3) is 0.393. The molecule has 5 rings (SSSR count). The monoisotopic (exact) mass is 539 g/mol. The van der Waals surface area contributed by atoms with Gasteiger partial charge in [0.05, 0.1) is 36.3 Å². The molecule has 0 radical (unpaired) electrons. The highest BCUT2D eigenvalue weighted by Crippen LogP contribution is 2.51. The summed E-state index contributed by atoms with van der Waals surface area (Å²) in [6.45, 7) is 4.87. The number of halogens is 2. The van der Waals surface area contributed by atoms with Gasteiger partial charge in [-0.15, -0.1) is 0 Å². The Morgan fingerprint density at radius 2 is 2.08 bits per heavy atom. The van der Waals surface area contributed by atoms with Gasteiger partial charge in [-0.3, -0.25) is 4.79 Å². The predicted molar refractivity (Wildman–Crippen MR) is 142 cm³/mol. The number of aromatic nitrogens is 2. The van der Waals surface area contributed by atoms with Gasteiger partial charge < -0.3 is 24.8 Å². The van der Waals surface area contributed by atoms with Crippen LogP contribution in [0, 0.1) is 18.2 Å².